The van der Waals surface area contributed by atoms with Gasteiger partial charge >= 0.3 is 0 Å². The van der Waals surface area contributed by atoms with Crippen LogP contribution in [0.1, 0.15) is 44.9 Å². The van der Waals surface area contributed by atoms with Crippen LogP contribution in [0, 0.1) is 5.92 Å². The van der Waals surface area contributed by atoms with Gasteiger partial charge in [0.2, 0.25) is 5.91 Å². The number of rotatable bonds is 3. The van der Waals surface area contributed by atoms with Crippen LogP contribution in [0.15, 0.2) is 0 Å². The highest BCUT2D eigenvalue weighted by atomic mass is 32.2. The predicted molar refractivity (Wildman–Crippen MR) is 73.0 cm³/mol. The Morgan fingerprint density at radius 3 is 2.59 bits per heavy atom. The molecule has 0 bridgehead atoms. The van der Waals surface area contributed by atoms with Gasteiger partial charge in [-0.05, 0) is 31.9 Å². The zero-order chi connectivity index (χ0) is 12.3. The lowest BCUT2D eigenvalue weighted by Gasteiger charge is -2.32. The third-order valence-electron chi connectivity index (χ3n) is 4.24. The maximum Gasteiger partial charge on any atom is 0.224 e. The molecule has 3 N–H and O–H groups in total. The van der Waals surface area contributed by atoms with Crippen LogP contribution in [0.3, 0.4) is 0 Å². The van der Waals surface area contributed by atoms with Crippen molar-refractivity contribution in [3.05, 3.63) is 0 Å². The van der Waals surface area contributed by atoms with E-state index in [4.69, 9.17) is 5.73 Å². The quantitative estimate of drug-likeness (QED) is 0.811. The van der Waals surface area contributed by atoms with E-state index < -0.39 is 0 Å². The molecule has 4 heteroatoms. The van der Waals surface area contributed by atoms with Gasteiger partial charge in [-0.3, -0.25) is 4.79 Å². The molecule has 0 aromatic heterocycles. The van der Waals surface area contributed by atoms with Gasteiger partial charge in [-0.1, -0.05) is 19.3 Å². The fourth-order valence-corrected chi connectivity index (χ4v) is 4.08. The zero-order valence-corrected chi connectivity index (χ0v) is 11.5. The third kappa shape index (κ3) is 3.16. The van der Waals surface area contributed by atoms with E-state index in [0.29, 0.717) is 11.3 Å². The summed E-state index contributed by atoms with van der Waals surface area (Å²) in [7, 11) is 0. The minimum atomic E-state index is 0.0689. The van der Waals surface area contributed by atoms with E-state index in [0.717, 1.165) is 25.7 Å². The molecule has 0 aromatic rings. The van der Waals surface area contributed by atoms with Crippen LogP contribution >= 0.6 is 11.8 Å². The van der Waals surface area contributed by atoms with Gasteiger partial charge in [-0.15, -0.1) is 0 Å². The van der Waals surface area contributed by atoms with E-state index in [9.17, 15) is 4.79 Å². The van der Waals surface area contributed by atoms with Gasteiger partial charge in [-0.25, -0.2) is 0 Å². The standard InChI is InChI=1S/C13H24N2OS/c1-17-12-8-3-2-7-11(12)15-13(16)9-5-4-6-10(9)14/h9-12H,2-8,14H2,1H3,(H,15,16). The predicted octanol–water partition coefficient (Wildman–Crippen LogP) is 1.90. The average molecular weight is 256 g/mol. The largest absolute Gasteiger partial charge is 0.352 e. The summed E-state index contributed by atoms with van der Waals surface area (Å²) in [5.41, 5.74) is 5.99. The molecule has 2 saturated carbocycles. The Morgan fingerprint density at radius 2 is 1.94 bits per heavy atom. The lowest BCUT2D eigenvalue weighted by molar-refractivity contribution is -0.126. The number of nitrogens with one attached hydrogen (secondary N) is 1. The van der Waals surface area contributed by atoms with Gasteiger partial charge in [-0.2, -0.15) is 11.8 Å². The maximum atomic E-state index is 12.2. The molecule has 0 aromatic carbocycles. The minimum Gasteiger partial charge on any atom is -0.352 e. The van der Waals surface area contributed by atoms with Gasteiger partial charge in [0.25, 0.3) is 0 Å². The average Bonchev–Trinajstić information content (AvgIpc) is 2.76. The van der Waals surface area contributed by atoms with Crippen LogP contribution < -0.4 is 11.1 Å². The van der Waals surface area contributed by atoms with E-state index >= 15 is 0 Å². The van der Waals surface area contributed by atoms with Crippen LogP contribution in [-0.2, 0) is 4.79 Å². The zero-order valence-electron chi connectivity index (χ0n) is 10.7. The highest BCUT2D eigenvalue weighted by Crippen LogP contribution is 2.29. The molecule has 0 saturated heterocycles. The summed E-state index contributed by atoms with van der Waals surface area (Å²) >= 11 is 1.89. The molecule has 0 spiro atoms. The van der Waals surface area contributed by atoms with Crippen molar-refractivity contribution < 1.29 is 4.79 Å². The number of thioether (sulfide) groups is 1. The van der Waals surface area contributed by atoms with Crippen molar-refractivity contribution in [2.24, 2.45) is 11.7 Å². The number of hydrogen-bond acceptors (Lipinski definition) is 3. The van der Waals surface area contributed by atoms with Crippen LogP contribution in [0.2, 0.25) is 0 Å². The molecule has 4 atom stereocenters. The molecule has 2 aliphatic rings. The highest BCUT2D eigenvalue weighted by molar-refractivity contribution is 7.99. The number of carbonyl (C=O) groups excluding carboxylic acids is 1. The molecule has 17 heavy (non-hydrogen) atoms. The molecule has 2 rings (SSSR count). The first-order chi connectivity index (χ1) is 8.22. The van der Waals surface area contributed by atoms with Crippen LogP contribution in [0.5, 0.6) is 0 Å². The summed E-state index contributed by atoms with van der Waals surface area (Å²) in [6, 6.07) is 0.463. The van der Waals surface area contributed by atoms with Gasteiger partial charge in [0.1, 0.15) is 0 Å². The van der Waals surface area contributed by atoms with E-state index in [-0.39, 0.29) is 17.9 Å². The fraction of sp³-hybridized carbons (Fsp3) is 0.923. The van der Waals surface area contributed by atoms with Crippen molar-refractivity contribution in [3.63, 3.8) is 0 Å². The van der Waals surface area contributed by atoms with E-state index in [1.54, 1.807) is 0 Å². The van der Waals surface area contributed by atoms with Crippen molar-refractivity contribution in [3.8, 4) is 0 Å². The molecular weight excluding hydrogens is 232 g/mol. The summed E-state index contributed by atoms with van der Waals surface area (Å²) in [4.78, 5) is 12.2. The SMILES string of the molecule is CSC1CCCCC1NC(=O)C1CCCC1N. The Balaban J connectivity index is 1.88. The lowest BCUT2D eigenvalue weighted by atomic mass is 9.93. The molecule has 0 radical (unpaired) electrons. The van der Waals surface area contributed by atoms with E-state index in [2.05, 4.69) is 11.6 Å². The molecule has 2 aliphatic carbocycles. The third-order valence-corrected chi connectivity index (χ3v) is 5.41. The second-order valence-electron chi connectivity index (χ2n) is 5.37. The number of amides is 1. The van der Waals surface area contributed by atoms with E-state index in [1.807, 2.05) is 11.8 Å². The summed E-state index contributed by atoms with van der Waals surface area (Å²) in [6.07, 6.45) is 10.2. The normalized spacial score (nSPS) is 38.0. The second-order valence-corrected chi connectivity index (χ2v) is 6.45. The molecule has 0 aliphatic heterocycles. The fourth-order valence-electron chi connectivity index (χ4n) is 3.15. The maximum absolute atomic E-state index is 12.2. The Kier molecular flexibility index (Phi) is 4.74. The van der Waals surface area contributed by atoms with Crippen molar-refractivity contribution in [2.75, 3.05) is 6.26 Å². The Morgan fingerprint density at radius 1 is 1.18 bits per heavy atom. The lowest BCUT2D eigenvalue weighted by Crippen LogP contribution is -2.48. The summed E-state index contributed by atoms with van der Waals surface area (Å²) in [5.74, 6) is 0.278. The Labute approximate surface area is 108 Å². The summed E-state index contributed by atoms with van der Waals surface area (Å²) in [6.45, 7) is 0. The van der Waals surface area contributed by atoms with E-state index in [1.165, 1.54) is 19.3 Å². The molecule has 0 heterocycles. The Hall–Kier alpha value is -0.220. The van der Waals surface area contributed by atoms with Crippen molar-refractivity contribution in [2.45, 2.75) is 62.3 Å². The van der Waals surface area contributed by atoms with Crippen LogP contribution in [0.25, 0.3) is 0 Å². The summed E-state index contributed by atoms with van der Waals surface area (Å²) < 4.78 is 0. The summed E-state index contributed by atoms with van der Waals surface area (Å²) in [5, 5.41) is 3.85. The first-order valence-corrected chi connectivity index (χ1v) is 8.10. The minimum absolute atomic E-state index is 0.0689. The highest BCUT2D eigenvalue weighted by Gasteiger charge is 2.33. The number of carbonyl (C=O) groups is 1. The molecule has 3 nitrogen and oxygen atoms in total. The number of hydrogen-bond donors (Lipinski definition) is 2. The second kappa shape index (κ2) is 6.10. The number of nitrogens with two attached hydrogens (primary N) is 1. The van der Waals surface area contributed by atoms with Crippen LogP contribution in [0.4, 0.5) is 0 Å². The smallest absolute Gasteiger partial charge is 0.224 e. The first kappa shape index (κ1) is 13.2. The van der Waals surface area contributed by atoms with Crippen LogP contribution in [-0.4, -0.2) is 29.5 Å². The van der Waals surface area contributed by atoms with Gasteiger partial charge in [0, 0.05) is 17.3 Å². The first-order valence-electron chi connectivity index (χ1n) is 6.81. The van der Waals surface area contributed by atoms with Crippen molar-refractivity contribution in [1.82, 2.24) is 5.32 Å². The molecule has 98 valence electrons. The molecule has 1 amide bonds. The van der Waals surface area contributed by atoms with Gasteiger partial charge < -0.3 is 11.1 Å². The van der Waals surface area contributed by atoms with Gasteiger partial charge in [0.15, 0.2) is 0 Å². The van der Waals surface area contributed by atoms with Crippen molar-refractivity contribution in [1.29, 1.82) is 0 Å². The molecular formula is C13H24N2OS. The monoisotopic (exact) mass is 256 g/mol. The molecule has 2 fully saturated rings. The van der Waals surface area contributed by atoms with Gasteiger partial charge in [0.05, 0.1) is 5.92 Å². The van der Waals surface area contributed by atoms with Crippen molar-refractivity contribution >= 4 is 17.7 Å². The Bertz CT molecular complexity index is 272. The topological polar surface area (TPSA) is 55.1 Å². The molecule has 4 unspecified atom stereocenters.